The molecule has 6 nitrogen and oxygen atoms in total. The van der Waals surface area contributed by atoms with E-state index in [2.05, 4.69) is 10.1 Å². The van der Waals surface area contributed by atoms with Crippen LogP contribution < -0.4 is 0 Å². The van der Waals surface area contributed by atoms with E-state index in [9.17, 15) is 9.59 Å². The maximum absolute atomic E-state index is 11.9. The lowest BCUT2D eigenvalue weighted by Gasteiger charge is -2.14. The Labute approximate surface area is 133 Å². The Kier molecular flexibility index (Phi) is 7.31. The molecule has 0 saturated heterocycles. The minimum absolute atomic E-state index is 0.205. The summed E-state index contributed by atoms with van der Waals surface area (Å²) in [5, 5.41) is 15.0. The van der Waals surface area contributed by atoms with Crippen molar-refractivity contribution in [1.82, 2.24) is 5.01 Å². The van der Waals surface area contributed by atoms with Crippen molar-refractivity contribution in [2.45, 2.75) is 13.3 Å². The Hall–Kier alpha value is -2.15. The SMILES string of the molecule is CCC(C(=O)O)C(=O)N=C(SC)N(C)N=Cc1ccccc1. The van der Waals surface area contributed by atoms with Gasteiger partial charge in [-0.2, -0.15) is 10.1 Å². The zero-order valence-corrected chi connectivity index (χ0v) is 13.6. The third-order valence-electron chi connectivity index (χ3n) is 2.85. The van der Waals surface area contributed by atoms with Crippen molar-refractivity contribution in [1.29, 1.82) is 0 Å². The predicted octanol–water partition coefficient (Wildman–Crippen LogP) is 2.31. The van der Waals surface area contributed by atoms with E-state index in [0.717, 1.165) is 5.56 Å². The molecule has 0 spiro atoms. The van der Waals surface area contributed by atoms with Gasteiger partial charge in [0.2, 0.25) is 0 Å². The largest absolute Gasteiger partial charge is 0.481 e. The fourth-order valence-electron chi connectivity index (χ4n) is 1.62. The van der Waals surface area contributed by atoms with Crippen LogP contribution in [0.4, 0.5) is 0 Å². The first-order chi connectivity index (χ1) is 10.5. The summed E-state index contributed by atoms with van der Waals surface area (Å²) in [4.78, 5) is 26.8. The number of hydrazone groups is 1. The first kappa shape index (κ1) is 17.9. The fraction of sp³-hybridized carbons (Fsp3) is 0.333. The van der Waals surface area contributed by atoms with E-state index in [1.54, 1.807) is 26.4 Å². The van der Waals surface area contributed by atoms with Crippen molar-refractivity contribution in [2.75, 3.05) is 13.3 Å². The van der Waals surface area contributed by atoms with Crippen LogP contribution in [0, 0.1) is 5.92 Å². The monoisotopic (exact) mass is 321 g/mol. The second-order valence-electron chi connectivity index (χ2n) is 4.41. The number of amides is 1. The van der Waals surface area contributed by atoms with E-state index in [4.69, 9.17) is 5.11 Å². The number of rotatable bonds is 5. The highest BCUT2D eigenvalue weighted by Crippen LogP contribution is 2.10. The van der Waals surface area contributed by atoms with Crippen molar-refractivity contribution in [3.63, 3.8) is 0 Å². The normalized spacial score (nSPS) is 13.1. The molecule has 0 aliphatic rings. The maximum Gasteiger partial charge on any atom is 0.316 e. The molecule has 1 rings (SSSR count). The van der Waals surface area contributed by atoms with Crippen molar-refractivity contribution >= 4 is 35.0 Å². The number of benzene rings is 1. The molecule has 0 fully saturated rings. The molecule has 1 unspecified atom stereocenters. The molecular weight excluding hydrogens is 302 g/mol. The molecule has 0 aliphatic carbocycles. The zero-order chi connectivity index (χ0) is 16.5. The van der Waals surface area contributed by atoms with Crippen LogP contribution in [-0.4, -0.2) is 46.7 Å². The Balaban J connectivity index is 2.85. The average molecular weight is 321 g/mol. The van der Waals surface area contributed by atoms with Gasteiger partial charge < -0.3 is 5.11 Å². The number of hydrogen-bond donors (Lipinski definition) is 1. The number of carbonyl (C=O) groups excluding carboxylic acids is 1. The summed E-state index contributed by atoms with van der Waals surface area (Å²) in [5.74, 6) is -2.94. The number of carboxylic acids is 1. The molecule has 0 bridgehead atoms. The lowest BCUT2D eigenvalue weighted by atomic mass is 10.1. The lowest BCUT2D eigenvalue weighted by molar-refractivity contribution is -0.146. The van der Waals surface area contributed by atoms with E-state index in [-0.39, 0.29) is 6.42 Å². The number of carbonyl (C=O) groups is 2. The van der Waals surface area contributed by atoms with Crippen LogP contribution in [-0.2, 0) is 9.59 Å². The van der Waals surface area contributed by atoms with E-state index in [0.29, 0.717) is 5.17 Å². The van der Waals surface area contributed by atoms with Gasteiger partial charge in [0.25, 0.3) is 5.91 Å². The summed E-state index contributed by atoms with van der Waals surface area (Å²) in [6, 6.07) is 9.50. The van der Waals surface area contributed by atoms with Gasteiger partial charge in [0.05, 0.1) is 6.21 Å². The number of hydrogen-bond acceptors (Lipinski definition) is 4. The Morgan fingerprint density at radius 2 is 2.00 bits per heavy atom. The minimum Gasteiger partial charge on any atom is -0.481 e. The van der Waals surface area contributed by atoms with Gasteiger partial charge in [-0.15, -0.1) is 0 Å². The van der Waals surface area contributed by atoms with Crippen LogP contribution in [0.25, 0.3) is 0 Å². The topological polar surface area (TPSA) is 82.3 Å². The van der Waals surface area contributed by atoms with Crippen LogP contribution in [0.2, 0.25) is 0 Å². The minimum atomic E-state index is -1.16. The standard InChI is InChI=1S/C15H19N3O3S/c1-4-12(14(20)21)13(19)17-15(22-3)18(2)16-10-11-8-6-5-7-9-11/h5-10,12H,4H2,1-3H3,(H,20,21). The van der Waals surface area contributed by atoms with Gasteiger partial charge in [-0.3, -0.25) is 9.59 Å². The highest BCUT2D eigenvalue weighted by atomic mass is 32.2. The summed E-state index contributed by atoms with van der Waals surface area (Å²) < 4.78 is 0. The fourth-order valence-corrected chi connectivity index (χ4v) is 2.11. The van der Waals surface area contributed by atoms with Gasteiger partial charge >= 0.3 is 5.97 Å². The Morgan fingerprint density at radius 3 is 2.50 bits per heavy atom. The van der Waals surface area contributed by atoms with Gasteiger partial charge in [-0.25, -0.2) is 5.01 Å². The van der Waals surface area contributed by atoms with Gasteiger partial charge in [-0.1, -0.05) is 49.0 Å². The number of aliphatic carboxylic acids is 1. The summed E-state index contributed by atoms with van der Waals surface area (Å²) in [7, 11) is 1.66. The first-order valence-corrected chi connectivity index (χ1v) is 7.94. The lowest BCUT2D eigenvalue weighted by Crippen LogP contribution is -2.25. The maximum atomic E-state index is 11.9. The smallest absolute Gasteiger partial charge is 0.316 e. The molecule has 22 heavy (non-hydrogen) atoms. The van der Waals surface area contributed by atoms with E-state index >= 15 is 0 Å². The van der Waals surface area contributed by atoms with E-state index in [1.165, 1.54) is 16.8 Å². The van der Waals surface area contributed by atoms with Crippen molar-refractivity contribution < 1.29 is 14.7 Å². The molecule has 7 heteroatoms. The molecular formula is C15H19N3O3S. The highest BCUT2D eigenvalue weighted by molar-refractivity contribution is 8.13. The first-order valence-electron chi connectivity index (χ1n) is 6.71. The van der Waals surface area contributed by atoms with Crippen molar-refractivity contribution in [2.24, 2.45) is 16.0 Å². The van der Waals surface area contributed by atoms with E-state index < -0.39 is 17.8 Å². The summed E-state index contributed by atoms with van der Waals surface area (Å²) in [6.07, 6.45) is 3.60. The predicted molar refractivity (Wildman–Crippen MR) is 89.2 cm³/mol. The van der Waals surface area contributed by atoms with Gasteiger partial charge in [0, 0.05) is 7.05 Å². The molecule has 1 amide bonds. The van der Waals surface area contributed by atoms with Gasteiger partial charge in [0.15, 0.2) is 5.17 Å². The summed E-state index contributed by atoms with van der Waals surface area (Å²) in [5.41, 5.74) is 0.915. The van der Waals surface area contributed by atoms with Crippen LogP contribution in [0.1, 0.15) is 18.9 Å². The molecule has 1 aromatic rings. The van der Waals surface area contributed by atoms with Crippen LogP contribution in [0.5, 0.6) is 0 Å². The second kappa shape index (κ2) is 8.99. The third-order valence-corrected chi connectivity index (χ3v) is 3.57. The molecule has 0 aromatic heterocycles. The van der Waals surface area contributed by atoms with Crippen LogP contribution in [0.15, 0.2) is 40.4 Å². The van der Waals surface area contributed by atoms with Crippen molar-refractivity contribution in [3.8, 4) is 0 Å². The summed E-state index contributed by atoms with van der Waals surface area (Å²) in [6.45, 7) is 1.64. The molecule has 0 aliphatic heterocycles. The van der Waals surface area contributed by atoms with E-state index in [1.807, 2.05) is 30.3 Å². The molecule has 118 valence electrons. The van der Waals surface area contributed by atoms with Gasteiger partial charge in [-0.05, 0) is 18.2 Å². The van der Waals surface area contributed by atoms with Crippen molar-refractivity contribution in [3.05, 3.63) is 35.9 Å². The number of carboxylic acid groups (broad SMARTS) is 1. The Bertz CT molecular complexity index is 573. The second-order valence-corrected chi connectivity index (χ2v) is 5.19. The summed E-state index contributed by atoms with van der Waals surface area (Å²) >= 11 is 1.23. The molecule has 1 aromatic carbocycles. The zero-order valence-electron chi connectivity index (χ0n) is 12.8. The van der Waals surface area contributed by atoms with Gasteiger partial charge in [0.1, 0.15) is 5.92 Å². The third kappa shape index (κ3) is 5.33. The number of aliphatic imine (C=N–C) groups is 1. The van der Waals surface area contributed by atoms with Crippen LogP contribution in [0.3, 0.4) is 0 Å². The number of nitrogens with zero attached hydrogens (tertiary/aromatic N) is 3. The number of thioether (sulfide) groups is 1. The average Bonchev–Trinajstić information content (AvgIpc) is 2.51. The molecule has 1 atom stereocenters. The molecule has 0 radical (unpaired) electrons. The highest BCUT2D eigenvalue weighted by Gasteiger charge is 2.24. The molecule has 0 saturated carbocycles. The van der Waals surface area contributed by atoms with Crippen LogP contribution >= 0.6 is 11.8 Å². The Morgan fingerprint density at radius 1 is 1.36 bits per heavy atom. The number of amidine groups is 1. The molecule has 1 N–H and O–H groups in total. The quantitative estimate of drug-likeness (QED) is 0.389. The molecule has 0 heterocycles.